The summed E-state index contributed by atoms with van der Waals surface area (Å²) in [4.78, 5) is 32.5. The normalized spacial score (nSPS) is 13.7. The Morgan fingerprint density at radius 2 is 1.77 bits per heavy atom. The lowest BCUT2D eigenvalue weighted by Crippen LogP contribution is -2.32. The Kier molecular flexibility index (Phi) is 4.53. The minimum atomic E-state index is -1.10. The molecule has 2 atom stereocenters. The Labute approximate surface area is 124 Å². The van der Waals surface area contributed by atoms with E-state index in [0.29, 0.717) is 17.3 Å². The molecule has 0 spiro atoms. The van der Waals surface area contributed by atoms with Gasteiger partial charge in [0.2, 0.25) is 5.95 Å². The van der Waals surface area contributed by atoms with E-state index < -0.39 is 24.0 Å². The zero-order chi connectivity index (χ0) is 16.3. The highest BCUT2D eigenvalue weighted by molar-refractivity contribution is 5.73. The number of aliphatic carboxylic acids is 2. The number of aromatic amines is 1. The summed E-state index contributed by atoms with van der Waals surface area (Å²) < 4.78 is 1.56. The van der Waals surface area contributed by atoms with E-state index in [1.54, 1.807) is 17.0 Å². The molecule has 0 aliphatic rings. The third kappa shape index (κ3) is 3.68. The van der Waals surface area contributed by atoms with Crippen LogP contribution in [0.4, 0.5) is 0 Å². The van der Waals surface area contributed by atoms with Crippen LogP contribution in [0.2, 0.25) is 0 Å². The Hall–Kier alpha value is -2.72. The second-order valence-electron chi connectivity index (χ2n) is 4.79. The Morgan fingerprint density at radius 3 is 2.36 bits per heavy atom. The van der Waals surface area contributed by atoms with E-state index in [4.69, 9.17) is 21.7 Å². The van der Waals surface area contributed by atoms with E-state index in [1.807, 2.05) is 0 Å². The molecule has 0 fully saturated rings. The van der Waals surface area contributed by atoms with E-state index in [9.17, 15) is 9.59 Å². The second-order valence-corrected chi connectivity index (χ2v) is 4.79. The van der Waals surface area contributed by atoms with E-state index in [2.05, 4.69) is 15.0 Å². The monoisotopic (exact) mass is 308 g/mol. The molecule has 0 amide bonds. The summed E-state index contributed by atoms with van der Waals surface area (Å²) in [6.07, 6.45) is 4.81. The molecule has 7 N–H and O–H groups in total. The van der Waals surface area contributed by atoms with Crippen LogP contribution < -0.4 is 11.5 Å². The van der Waals surface area contributed by atoms with Gasteiger partial charge in [-0.3, -0.25) is 14.2 Å². The molecule has 2 rings (SSSR count). The highest BCUT2D eigenvalue weighted by Crippen LogP contribution is 2.08. The number of nitrogens with one attached hydrogen (secondary N) is 1. The van der Waals surface area contributed by atoms with Crippen LogP contribution in [0.1, 0.15) is 11.4 Å². The lowest BCUT2D eigenvalue weighted by atomic mass is 10.2. The van der Waals surface area contributed by atoms with Gasteiger partial charge in [-0.2, -0.15) is 0 Å². The van der Waals surface area contributed by atoms with Crippen LogP contribution in [0.25, 0.3) is 5.95 Å². The average molecular weight is 308 g/mol. The molecule has 0 radical (unpaired) electrons. The number of hydrogen-bond donors (Lipinski definition) is 5. The van der Waals surface area contributed by atoms with Crippen molar-refractivity contribution in [2.24, 2.45) is 11.5 Å². The van der Waals surface area contributed by atoms with Gasteiger partial charge in [0, 0.05) is 25.2 Å². The molecule has 0 aliphatic heterocycles. The van der Waals surface area contributed by atoms with Crippen molar-refractivity contribution in [2.75, 3.05) is 0 Å². The number of H-pyrrole nitrogens is 1. The molecule has 0 saturated carbocycles. The third-order valence-electron chi connectivity index (χ3n) is 2.99. The number of carboxylic acids is 2. The van der Waals surface area contributed by atoms with Crippen molar-refractivity contribution in [1.82, 2.24) is 19.5 Å². The standard InChI is InChI=1S/C12H16N6O4/c13-8(10(19)20)1-6-3-15-12(17-6)18-4-7(16-5-18)2-9(14)11(21)22/h3-5,8-9H,1-2,13-14H2,(H,15,17)(H,19,20)(H,21,22)/t8?,9-/m0/s1. The van der Waals surface area contributed by atoms with Gasteiger partial charge in [0.15, 0.2) is 0 Å². The molecule has 118 valence electrons. The van der Waals surface area contributed by atoms with Crippen LogP contribution in [0.5, 0.6) is 0 Å². The number of nitrogens with zero attached hydrogens (tertiary/aromatic N) is 3. The third-order valence-corrected chi connectivity index (χ3v) is 2.99. The summed E-state index contributed by atoms with van der Waals surface area (Å²) in [7, 11) is 0. The first-order valence-electron chi connectivity index (χ1n) is 6.41. The number of imidazole rings is 2. The molecule has 0 bridgehead atoms. The van der Waals surface area contributed by atoms with Crippen molar-refractivity contribution in [3.63, 3.8) is 0 Å². The first-order chi connectivity index (χ1) is 10.4. The van der Waals surface area contributed by atoms with E-state index in [1.165, 1.54) is 6.33 Å². The highest BCUT2D eigenvalue weighted by atomic mass is 16.4. The largest absolute Gasteiger partial charge is 0.480 e. The minimum absolute atomic E-state index is 0.0945. The summed E-state index contributed by atoms with van der Waals surface area (Å²) in [6, 6.07) is -2.05. The van der Waals surface area contributed by atoms with Crippen LogP contribution in [0, 0.1) is 0 Å². The molecule has 0 aromatic carbocycles. The molecule has 10 nitrogen and oxygen atoms in total. The summed E-state index contributed by atoms with van der Waals surface area (Å²) >= 11 is 0. The smallest absolute Gasteiger partial charge is 0.320 e. The number of carboxylic acid groups (broad SMARTS) is 2. The van der Waals surface area contributed by atoms with Gasteiger partial charge in [0.25, 0.3) is 0 Å². The maximum atomic E-state index is 10.7. The maximum absolute atomic E-state index is 10.7. The molecular formula is C12H16N6O4. The van der Waals surface area contributed by atoms with Crippen molar-refractivity contribution >= 4 is 11.9 Å². The average Bonchev–Trinajstić information content (AvgIpc) is 3.07. The second kappa shape index (κ2) is 6.37. The Morgan fingerprint density at radius 1 is 1.18 bits per heavy atom. The van der Waals surface area contributed by atoms with E-state index >= 15 is 0 Å². The zero-order valence-corrected chi connectivity index (χ0v) is 11.5. The summed E-state index contributed by atoms with van der Waals surface area (Å²) in [6.45, 7) is 0. The lowest BCUT2D eigenvalue weighted by molar-refractivity contribution is -0.139. The summed E-state index contributed by atoms with van der Waals surface area (Å²) in [5.41, 5.74) is 11.9. The van der Waals surface area contributed by atoms with E-state index in [0.717, 1.165) is 0 Å². The first-order valence-corrected chi connectivity index (χ1v) is 6.41. The SMILES string of the molecule is NC(Cc1c[nH]c(-n2cnc(C[C@H](N)C(=O)O)c2)n1)C(=O)O. The predicted molar refractivity (Wildman–Crippen MR) is 74.3 cm³/mol. The van der Waals surface area contributed by atoms with Gasteiger partial charge >= 0.3 is 11.9 Å². The van der Waals surface area contributed by atoms with Gasteiger partial charge in [-0.25, -0.2) is 9.97 Å². The molecule has 0 aliphatic carbocycles. The van der Waals surface area contributed by atoms with Gasteiger partial charge in [-0.1, -0.05) is 0 Å². The number of rotatable bonds is 7. The Balaban J connectivity index is 2.07. The maximum Gasteiger partial charge on any atom is 0.320 e. The molecule has 2 aromatic rings. The van der Waals surface area contributed by atoms with Crippen LogP contribution in [0.3, 0.4) is 0 Å². The molecule has 2 heterocycles. The van der Waals surface area contributed by atoms with Crippen molar-refractivity contribution < 1.29 is 19.8 Å². The van der Waals surface area contributed by atoms with Crippen molar-refractivity contribution in [1.29, 1.82) is 0 Å². The van der Waals surface area contributed by atoms with Crippen molar-refractivity contribution in [3.8, 4) is 5.95 Å². The van der Waals surface area contributed by atoms with Gasteiger partial charge in [0.1, 0.15) is 18.4 Å². The Bertz CT molecular complexity index is 620. The molecule has 10 heteroatoms. The van der Waals surface area contributed by atoms with Crippen LogP contribution in [0.15, 0.2) is 18.7 Å². The highest BCUT2D eigenvalue weighted by Gasteiger charge is 2.16. The van der Waals surface area contributed by atoms with Gasteiger partial charge < -0.3 is 26.7 Å². The van der Waals surface area contributed by atoms with Crippen LogP contribution in [-0.2, 0) is 22.4 Å². The summed E-state index contributed by atoms with van der Waals surface area (Å²) in [5, 5.41) is 17.5. The minimum Gasteiger partial charge on any atom is -0.480 e. The number of aromatic nitrogens is 4. The number of nitrogens with two attached hydrogens (primary N) is 2. The number of carbonyl (C=O) groups is 2. The van der Waals surface area contributed by atoms with Crippen LogP contribution in [-0.4, -0.2) is 53.8 Å². The zero-order valence-electron chi connectivity index (χ0n) is 11.5. The first kappa shape index (κ1) is 15.7. The van der Waals surface area contributed by atoms with Gasteiger partial charge in [-0.05, 0) is 0 Å². The van der Waals surface area contributed by atoms with E-state index in [-0.39, 0.29) is 12.8 Å². The fraction of sp³-hybridized carbons (Fsp3) is 0.333. The molecule has 2 aromatic heterocycles. The van der Waals surface area contributed by atoms with Gasteiger partial charge in [0.05, 0.1) is 11.4 Å². The van der Waals surface area contributed by atoms with Crippen molar-refractivity contribution in [2.45, 2.75) is 24.9 Å². The molecule has 1 unspecified atom stereocenters. The number of hydrogen-bond acceptors (Lipinski definition) is 6. The van der Waals surface area contributed by atoms with Gasteiger partial charge in [-0.15, -0.1) is 0 Å². The van der Waals surface area contributed by atoms with Crippen molar-refractivity contribution in [3.05, 3.63) is 30.1 Å². The molecule has 22 heavy (non-hydrogen) atoms. The predicted octanol–water partition coefficient (Wildman–Crippen LogP) is -1.50. The van der Waals surface area contributed by atoms with Crippen LogP contribution >= 0.6 is 0 Å². The topological polar surface area (TPSA) is 173 Å². The summed E-state index contributed by atoms with van der Waals surface area (Å²) in [5.74, 6) is -1.77. The lowest BCUT2D eigenvalue weighted by Gasteiger charge is -2.02. The fourth-order valence-corrected chi connectivity index (χ4v) is 1.80. The quantitative estimate of drug-likeness (QED) is 0.411. The molecule has 0 saturated heterocycles. The fourth-order valence-electron chi connectivity index (χ4n) is 1.80. The molecular weight excluding hydrogens is 292 g/mol.